The molecule has 4 aromatic rings. The van der Waals surface area contributed by atoms with Gasteiger partial charge in [-0.1, -0.05) is 38.1 Å². The van der Waals surface area contributed by atoms with E-state index in [9.17, 15) is 0 Å². The Hall–Kier alpha value is -2.87. The average Bonchev–Trinajstić information content (AvgIpc) is 2.65. The molecule has 0 atom stereocenters. The van der Waals surface area contributed by atoms with E-state index in [-0.39, 0.29) is 0 Å². The number of benzene rings is 3. The molecule has 0 bridgehead atoms. The third-order valence-electron chi connectivity index (χ3n) is 6.05. The molecule has 5 rings (SSSR count). The summed E-state index contributed by atoms with van der Waals surface area (Å²) in [5.74, 6) is 2.40. The summed E-state index contributed by atoms with van der Waals surface area (Å²) in [7, 11) is 2.13. The van der Waals surface area contributed by atoms with E-state index in [1.807, 2.05) is 0 Å². The maximum Gasteiger partial charge on any atom is 0.228 e. The van der Waals surface area contributed by atoms with Crippen molar-refractivity contribution in [2.75, 3.05) is 0 Å². The third kappa shape index (κ3) is 2.16. The summed E-state index contributed by atoms with van der Waals surface area (Å²) in [5.41, 5.74) is 6.47. The fourth-order valence-corrected chi connectivity index (χ4v) is 4.66. The molecule has 1 aliphatic heterocycles. The second kappa shape index (κ2) is 5.56. The number of hydrogen-bond donors (Lipinski definition) is 0. The Morgan fingerprint density at radius 1 is 0.889 bits per heavy atom. The molecule has 0 N–H and O–H groups in total. The number of aryl methyl sites for hydroxylation is 3. The number of rotatable bonds is 1. The molecule has 0 aliphatic carbocycles. The minimum absolute atomic E-state index is 0.464. The Morgan fingerprint density at radius 2 is 1.67 bits per heavy atom. The number of ether oxygens (including phenoxy) is 1. The van der Waals surface area contributed by atoms with Crippen molar-refractivity contribution in [3.8, 4) is 22.8 Å². The van der Waals surface area contributed by atoms with E-state index in [0.717, 1.165) is 11.5 Å². The standard InChI is InChI=1S/C25H24NO/c1-14(2)20-13-22-24-19(15(20)3)10-11-26(5)25(24)23-16(4)18-9-7-6-8-17(18)12-21(23)27-22/h6-14H,1-5H3/q+1. The second-order valence-electron chi connectivity index (χ2n) is 8.01. The first-order chi connectivity index (χ1) is 13.0. The van der Waals surface area contributed by atoms with Crippen molar-refractivity contribution in [2.24, 2.45) is 7.05 Å². The van der Waals surface area contributed by atoms with Gasteiger partial charge in [0.25, 0.3) is 0 Å². The first-order valence-electron chi connectivity index (χ1n) is 9.63. The third-order valence-corrected chi connectivity index (χ3v) is 6.05. The predicted octanol–water partition coefficient (Wildman–Crippen LogP) is 6.33. The van der Waals surface area contributed by atoms with Crippen LogP contribution < -0.4 is 9.30 Å². The van der Waals surface area contributed by atoms with Crippen LogP contribution in [0.15, 0.2) is 48.7 Å². The molecule has 0 amide bonds. The number of hydrogen-bond acceptors (Lipinski definition) is 1. The van der Waals surface area contributed by atoms with Crippen LogP contribution in [-0.2, 0) is 7.05 Å². The van der Waals surface area contributed by atoms with Gasteiger partial charge in [0.2, 0.25) is 5.69 Å². The maximum absolute atomic E-state index is 6.53. The molecule has 2 heteroatoms. The number of pyridine rings is 1. The second-order valence-corrected chi connectivity index (χ2v) is 8.01. The van der Waals surface area contributed by atoms with Gasteiger partial charge < -0.3 is 4.74 Å². The van der Waals surface area contributed by atoms with Crippen molar-refractivity contribution in [2.45, 2.75) is 33.6 Å². The smallest absolute Gasteiger partial charge is 0.228 e. The molecule has 3 aromatic carbocycles. The quantitative estimate of drug-likeness (QED) is 0.321. The topological polar surface area (TPSA) is 13.1 Å². The van der Waals surface area contributed by atoms with Gasteiger partial charge in [-0.15, -0.1) is 0 Å². The summed E-state index contributed by atoms with van der Waals surface area (Å²) in [6.45, 7) is 8.95. The van der Waals surface area contributed by atoms with E-state index in [4.69, 9.17) is 4.74 Å². The summed E-state index contributed by atoms with van der Waals surface area (Å²) in [5, 5.41) is 5.04. The Balaban J connectivity index is 1.98. The average molecular weight is 354 g/mol. The maximum atomic E-state index is 6.53. The molecule has 2 heterocycles. The zero-order valence-electron chi connectivity index (χ0n) is 16.6. The van der Waals surface area contributed by atoms with Gasteiger partial charge in [0.15, 0.2) is 6.20 Å². The van der Waals surface area contributed by atoms with Crippen LogP contribution >= 0.6 is 0 Å². The van der Waals surface area contributed by atoms with E-state index in [1.165, 1.54) is 49.5 Å². The van der Waals surface area contributed by atoms with Crippen molar-refractivity contribution >= 4 is 21.5 Å². The molecule has 27 heavy (non-hydrogen) atoms. The summed E-state index contributed by atoms with van der Waals surface area (Å²) < 4.78 is 8.77. The lowest BCUT2D eigenvalue weighted by Crippen LogP contribution is -2.32. The van der Waals surface area contributed by atoms with Crippen LogP contribution in [0.2, 0.25) is 0 Å². The van der Waals surface area contributed by atoms with Gasteiger partial charge in [0.1, 0.15) is 18.5 Å². The highest BCUT2D eigenvalue weighted by molar-refractivity contribution is 6.06. The molecule has 0 radical (unpaired) electrons. The Labute approximate surface area is 160 Å². The highest BCUT2D eigenvalue weighted by atomic mass is 16.5. The Bertz CT molecular complexity index is 1250. The molecular weight excluding hydrogens is 330 g/mol. The van der Waals surface area contributed by atoms with Gasteiger partial charge in [-0.25, -0.2) is 4.57 Å². The molecule has 1 aromatic heterocycles. The van der Waals surface area contributed by atoms with Crippen LogP contribution in [-0.4, -0.2) is 0 Å². The van der Waals surface area contributed by atoms with Crippen molar-refractivity contribution in [1.29, 1.82) is 0 Å². The predicted molar refractivity (Wildman–Crippen MR) is 112 cm³/mol. The van der Waals surface area contributed by atoms with Gasteiger partial charge >= 0.3 is 0 Å². The summed E-state index contributed by atoms with van der Waals surface area (Å²) >= 11 is 0. The minimum Gasteiger partial charge on any atom is -0.456 e. The molecule has 0 fully saturated rings. The monoisotopic (exact) mass is 354 g/mol. The Morgan fingerprint density at radius 3 is 2.44 bits per heavy atom. The lowest BCUT2D eigenvalue weighted by Gasteiger charge is -2.24. The number of aromatic nitrogens is 1. The summed E-state index contributed by atoms with van der Waals surface area (Å²) in [6.07, 6.45) is 2.18. The number of nitrogens with zero attached hydrogens (tertiary/aromatic N) is 1. The van der Waals surface area contributed by atoms with Crippen LogP contribution in [0.5, 0.6) is 11.5 Å². The van der Waals surface area contributed by atoms with Crippen molar-refractivity contribution in [3.63, 3.8) is 0 Å². The van der Waals surface area contributed by atoms with Crippen LogP contribution in [0.3, 0.4) is 0 Å². The van der Waals surface area contributed by atoms with Gasteiger partial charge in [0, 0.05) is 11.5 Å². The van der Waals surface area contributed by atoms with E-state index in [2.05, 4.69) is 88.0 Å². The number of fused-ring (bicyclic) bond motifs is 3. The molecule has 0 saturated carbocycles. The van der Waals surface area contributed by atoms with Gasteiger partial charge in [-0.3, -0.25) is 0 Å². The van der Waals surface area contributed by atoms with Crippen molar-refractivity contribution in [3.05, 3.63) is 65.4 Å². The van der Waals surface area contributed by atoms with Gasteiger partial charge in [-0.05, 0) is 59.4 Å². The molecule has 0 unspecified atom stereocenters. The van der Waals surface area contributed by atoms with E-state index in [0.29, 0.717) is 5.92 Å². The fourth-order valence-electron chi connectivity index (χ4n) is 4.66. The van der Waals surface area contributed by atoms with Crippen molar-refractivity contribution < 1.29 is 9.30 Å². The molecular formula is C25H24NO+. The highest BCUT2D eigenvalue weighted by Gasteiger charge is 2.31. The zero-order valence-corrected chi connectivity index (χ0v) is 16.6. The first-order valence-corrected chi connectivity index (χ1v) is 9.63. The lowest BCUT2D eigenvalue weighted by molar-refractivity contribution is -0.659. The van der Waals surface area contributed by atoms with Crippen molar-refractivity contribution in [1.82, 2.24) is 0 Å². The van der Waals surface area contributed by atoms with E-state index >= 15 is 0 Å². The van der Waals surface area contributed by atoms with Crippen LogP contribution in [0.4, 0.5) is 0 Å². The lowest BCUT2D eigenvalue weighted by atomic mass is 9.88. The van der Waals surface area contributed by atoms with Gasteiger partial charge in [0.05, 0.1) is 10.9 Å². The molecule has 0 spiro atoms. The Kier molecular flexibility index (Phi) is 3.36. The summed E-state index contributed by atoms with van der Waals surface area (Å²) in [6, 6.07) is 15.2. The molecule has 2 nitrogen and oxygen atoms in total. The van der Waals surface area contributed by atoms with Gasteiger partial charge in [-0.2, -0.15) is 0 Å². The SMILES string of the molecule is Cc1c2c(cc3ccccc13)Oc1cc(C(C)C)c(C)c3cc[n+](C)c-2c13. The largest absolute Gasteiger partial charge is 0.456 e. The molecule has 0 saturated heterocycles. The normalized spacial score (nSPS) is 12.5. The van der Waals surface area contributed by atoms with Crippen LogP contribution in [0, 0.1) is 13.8 Å². The van der Waals surface area contributed by atoms with E-state index < -0.39 is 0 Å². The summed E-state index contributed by atoms with van der Waals surface area (Å²) in [4.78, 5) is 0. The van der Waals surface area contributed by atoms with Crippen LogP contribution in [0.1, 0.15) is 36.5 Å². The first kappa shape index (κ1) is 16.3. The molecule has 1 aliphatic rings. The highest BCUT2D eigenvalue weighted by Crippen LogP contribution is 2.49. The van der Waals surface area contributed by atoms with Crippen LogP contribution in [0.25, 0.3) is 32.8 Å². The zero-order chi connectivity index (χ0) is 18.9. The molecule has 134 valence electrons. The van der Waals surface area contributed by atoms with E-state index in [1.54, 1.807) is 0 Å². The fraction of sp³-hybridized carbons (Fsp3) is 0.240. The minimum atomic E-state index is 0.464.